The van der Waals surface area contributed by atoms with Gasteiger partial charge in [-0.3, -0.25) is 0 Å². The molecule has 0 aromatic heterocycles. The van der Waals surface area contributed by atoms with Crippen molar-refractivity contribution in [2.24, 2.45) is 11.7 Å². The highest BCUT2D eigenvalue weighted by molar-refractivity contribution is 5.81. The second-order valence-electron chi connectivity index (χ2n) is 4.43. The van der Waals surface area contributed by atoms with Gasteiger partial charge in [0.25, 0.3) is 0 Å². The monoisotopic (exact) mass is 245 g/mol. The van der Waals surface area contributed by atoms with Gasteiger partial charge in [-0.1, -0.05) is 0 Å². The number of nitrogens with two attached hydrogens (primary N) is 1. The van der Waals surface area contributed by atoms with Gasteiger partial charge in [0.2, 0.25) is 0 Å². The van der Waals surface area contributed by atoms with Crippen LogP contribution in [0.2, 0.25) is 0 Å². The van der Waals surface area contributed by atoms with Gasteiger partial charge in [0.05, 0.1) is 13.2 Å². The Labute approximate surface area is 103 Å². The number of carbonyl (C=O) groups excluding carboxylic acids is 1. The SMILES string of the molecule is CCOC(=O)C(N)(COCCCOC)C1CC1. The molecule has 1 aliphatic carbocycles. The van der Waals surface area contributed by atoms with Crippen molar-refractivity contribution >= 4 is 5.97 Å². The smallest absolute Gasteiger partial charge is 0.328 e. The van der Waals surface area contributed by atoms with E-state index in [-0.39, 0.29) is 18.5 Å². The van der Waals surface area contributed by atoms with Crippen LogP contribution >= 0.6 is 0 Å². The fourth-order valence-electron chi connectivity index (χ4n) is 1.75. The maximum Gasteiger partial charge on any atom is 0.328 e. The maximum atomic E-state index is 11.8. The summed E-state index contributed by atoms with van der Waals surface area (Å²) >= 11 is 0. The van der Waals surface area contributed by atoms with E-state index < -0.39 is 5.54 Å². The molecule has 0 spiro atoms. The predicted octanol–water partition coefficient (Wildman–Crippen LogP) is 0.710. The molecule has 0 heterocycles. The third kappa shape index (κ3) is 4.26. The molecule has 2 N–H and O–H groups in total. The lowest BCUT2D eigenvalue weighted by molar-refractivity contribution is -0.153. The van der Waals surface area contributed by atoms with Crippen molar-refractivity contribution in [3.05, 3.63) is 0 Å². The minimum atomic E-state index is -0.955. The molecule has 0 aliphatic heterocycles. The minimum Gasteiger partial charge on any atom is -0.465 e. The summed E-state index contributed by atoms with van der Waals surface area (Å²) in [7, 11) is 1.65. The highest BCUT2D eigenvalue weighted by atomic mass is 16.5. The normalized spacial score (nSPS) is 18.8. The van der Waals surface area contributed by atoms with Crippen molar-refractivity contribution in [2.75, 3.05) is 33.5 Å². The summed E-state index contributed by atoms with van der Waals surface area (Å²) in [6.07, 6.45) is 2.77. The van der Waals surface area contributed by atoms with Crippen molar-refractivity contribution < 1.29 is 19.0 Å². The quantitative estimate of drug-likeness (QED) is 0.478. The zero-order valence-corrected chi connectivity index (χ0v) is 10.7. The molecule has 5 nitrogen and oxygen atoms in total. The van der Waals surface area contributed by atoms with Crippen LogP contribution < -0.4 is 5.73 Å². The van der Waals surface area contributed by atoms with Crippen molar-refractivity contribution in [1.82, 2.24) is 0 Å². The Bertz CT molecular complexity index is 243. The van der Waals surface area contributed by atoms with Crippen molar-refractivity contribution in [3.8, 4) is 0 Å². The second-order valence-corrected chi connectivity index (χ2v) is 4.43. The molecule has 0 aromatic carbocycles. The molecule has 5 heteroatoms. The summed E-state index contributed by atoms with van der Waals surface area (Å²) in [4.78, 5) is 11.8. The Morgan fingerprint density at radius 1 is 1.41 bits per heavy atom. The summed E-state index contributed by atoms with van der Waals surface area (Å²) in [5, 5.41) is 0. The molecule has 1 aliphatic rings. The molecule has 1 saturated carbocycles. The fraction of sp³-hybridized carbons (Fsp3) is 0.917. The molecule has 1 atom stereocenters. The molecule has 0 saturated heterocycles. The Morgan fingerprint density at radius 3 is 2.65 bits per heavy atom. The summed E-state index contributed by atoms with van der Waals surface area (Å²) in [5.41, 5.74) is 5.16. The van der Waals surface area contributed by atoms with Crippen LogP contribution in [-0.2, 0) is 19.0 Å². The van der Waals surface area contributed by atoms with Gasteiger partial charge >= 0.3 is 5.97 Å². The third-order valence-electron chi connectivity index (χ3n) is 2.94. The van der Waals surface area contributed by atoms with Gasteiger partial charge in [0, 0.05) is 20.3 Å². The van der Waals surface area contributed by atoms with E-state index in [0.717, 1.165) is 19.3 Å². The van der Waals surface area contributed by atoms with Crippen LogP contribution in [0.5, 0.6) is 0 Å². The van der Waals surface area contributed by atoms with E-state index in [2.05, 4.69) is 0 Å². The molecule has 1 unspecified atom stereocenters. The van der Waals surface area contributed by atoms with E-state index >= 15 is 0 Å². The molecule has 0 aromatic rings. The van der Waals surface area contributed by atoms with Crippen molar-refractivity contribution in [3.63, 3.8) is 0 Å². The lowest BCUT2D eigenvalue weighted by Gasteiger charge is -2.26. The molecular formula is C12H23NO4. The number of hydrogen-bond donors (Lipinski definition) is 1. The average Bonchev–Trinajstić information content (AvgIpc) is 3.13. The van der Waals surface area contributed by atoms with E-state index in [0.29, 0.717) is 19.8 Å². The Balaban J connectivity index is 2.34. The molecule has 100 valence electrons. The molecule has 0 amide bonds. The van der Waals surface area contributed by atoms with Gasteiger partial charge < -0.3 is 19.9 Å². The number of carbonyl (C=O) groups is 1. The zero-order valence-electron chi connectivity index (χ0n) is 10.7. The van der Waals surface area contributed by atoms with E-state index in [4.69, 9.17) is 19.9 Å². The second kappa shape index (κ2) is 6.93. The first-order chi connectivity index (χ1) is 8.15. The number of methoxy groups -OCH3 is 1. The van der Waals surface area contributed by atoms with Gasteiger partial charge in [-0.25, -0.2) is 4.79 Å². The molecule has 0 bridgehead atoms. The predicted molar refractivity (Wildman–Crippen MR) is 63.6 cm³/mol. The highest BCUT2D eigenvalue weighted by Crippen LogP contribution is 2.39. The van der Waals surface area contributed by atoms with Gasteiger partial charge in [-0.05, 0) is 32.1 Å². The van der Waals surface area contributed by atoms with Crippen LogP contribution in [-0.4, -0.2) is 45.0 Å². The van der Waals surface area contributed by atoms with Crippen LogP contribution in [0, 0.1) is 5.92 Å². The Kier molecular flexibility index (Phi) is 5.88. The van der Waals surface area contributed by atoms with E-state index in [1.165, 1.54) is 0 Å². The van der Waals surface area contributed by atoms with Crippen molar-refractivity contribution in [2.45, 2.75) is 31.7 Å². The summed E-state index contributed by atoms with van der Waals surface area (Å²) in [6.45, 7) is 3.58. The van der Waals surface area contributed by atoms with Crippen LogP contribution in [0.3, 0.4) is 0 Å². The Morgan fingerprint density at radius 2 is 2.12 bits per heavy atom. The summed E-state index contributed by atoms with van der Waals surface area (Å²) in [6, 6.07) is 0. The first kappa shape index (κ1) is 14.4. The Hall–Kier alpha value is -0.650. The molecule has 1 fully saturated rings. The summed E-state index contributed by atoms with van der Waals surface area (Å²) < 4.78 is 15.4. The first-order valence-corrected chi connectivity index (χ1v) is 6.18. The lowest BCUT2D eigenvalue weighted by Crippen LogP contribution is -2.55. The van der Waals surface area contributed by atoms with E-state index in [1.54, 1.807) is 14.0 Å². The van der Waals surface area contributed by atoms with Gasteiger partial charge in [-0.15, -0.1) is 0 Å². The number of ether oxygens (including phenoxy) is 3. The molecule has 1 rings (SSSR count). The topological polar surface area (TPSA) is 70.8 Å². The number of hydrogen-bond acceptors (Lipinski definition) is 5. The maximum absolute atomic E-state index is 11.8. The molecular weight excluding hydrogens is 222 g/mol. The van der Waals surface area contributed by atoms with Crippen LogP contribution in [0.25, 0.3) is 0 Å². The minimum absolute atomic E-state index is 0.212. The third-order valence-corrected chi connectivity index (χ3v) is 2.94. The van der Waals surface area contributed by atoms with E-state index in [1.807, 2.05) is 0 Å². The molecule has 0 radical (unpaired) electrons. The average molecular weight is 245 g/mol. The first-order valence-electron chi connectivity index (χ1n) is 6.18. The van der Waals surface area contributed by atoms with Crippen molar-refractivity contribution in [1.29, 1.82) is 0 Å². The standard InChI is InChI=1S/C12H23NO4/c1-3-17-11(14)12(13,10-5-6-10)9-16-8-4-7-15-2/h10H,3-9,13H2,1-2H3. The summed E-state index contributed by atoms with van der Waals surface area (Å²) in [5.74, 6) is -0.127. The highest BCUT2D eigenvalue weighted by Gasteiger charge is 2.49. The van der Waals surface area contributed by atoms with Crippen LogP contribution in [0.1, 0.15) is 26.2 Å². The van der Waals surface area contributed by atoms with Gasteiger partial charge in [-0.2, -0.15) is 0 Å². The number of esters is 1. The van der Waals surface area contributed by atoms with Crippen LogP contribution in [0.15, 0.2) is 0 Å². The van der Waals surface area contributed by atoms with Gasteiger partial charge in [0.15, 0.2) is 0 Å². The van der Waals surface area contributed by atoms with E-state index in [9.17, 15) is 4.79 Å². The fourth-order valence-corrected chi connectivity index (χ4v) is 1.75. The number of rotatable bonds is 9. The largest absolute Gasteiger partial charge is 0.465 e. The van der Waals surface area contributed by atoms with Crippen LogP contribution in [0.4, 0.5) is 0 Å². The zero-order chi connectivity index (χ0) is 12.7. The lowest BCUT2D eigenvalue weighted by atomic mass is 9.96. The van der Waals surface area contributed by atoms with Gasteiger partial charge in [0.1, 0.15) is 5.54 Å². The molecule has 17 heavy (non-hydrogen) atoms.